The fraction of sp³-hybridized carbons (Fsp3) is 0.0455. The normalized spacial score (nSPS) is 10.9. The van der Waals surface area contributed by atoms with E-state index in [9.17, 15) is 9.18 Å². The van der Waals surface area contributed by atoms with Crippen molar-refractivity contribution in [1.29, 1.82) is 0 Å². The van der Waals surface area contributed by atoms with E-state index in [0.717, 1.165) is 5.56 Å². The SMILES string of the molecule is O=c1c(-c2ccccc2Cl)coc2cc(OCc3ccc(F)cc3)ccc12. The molecule has 1 heterocycles. The molecule has 0 saturated carbocycles. The molecule has 0 spiro atoms. The maximum Gasteiger partial charge on any atom is 0.200 e. The molecule has 0 unspecified atom stereocenters. The highest BCUT2D eigenvalue weighted by Crippen LogP contribution is 2.28. The summed E-state index contributed by atoms with van der Waals surface area (Å²) in [4.78, 5) is 12.8. The van der Waals surface area contributed by atoms with Crippen molar-refractivity contribution in [3.63, 3.8) is 0 Å². The molecule has 0 bridgehead atoms. The predicted octanol–water partition coefficient (Wildman–Crippen LogP) is 5.83. The Bertz CT molecular complexity index is 1170. The fourth-order valence-electron chi connectivity index (χ4n) is 2.81. The van der Waals surface area contributed by atoms with Crippen LogP contribution in [0.4, 0.5) is 4.39 Å². The van der Waals surface area contributed by atoms with Gasteiger partial charge in [-0.3, -0.25) is 4.79 Å². The Balaban J connectivity index is 1.64. The van der Waals surface area contributed by atoms with Gasteiger partial charge in [-0.05, 0) is 35.9 Å². The summed E-state index contributed by atoms with van der Waals surface area (Å²) in [5.74, 6) is 0.265. The standard InChI is InChI=1S/C22H14ClFO3/c23-20-4-2-1-3-17(20)19-13-27-21-11-16(9-10-18(21)22(19)25)26-12-14-5-7-15(24)8-6-14/h1-11,13H,12H2. The Kier molecular flexibility index (Phi) is 4.65. The van der Waals surface area contributed by atoms with Crippen molar-refractivity contribution in [3.8, 4) is 16.9 Å². The second-order valence-corrected chi connectivity index (χ2v) is 6.44. The molecule has 0 radical (unpaired) electrons. The van der Waals surface area contributed by atoms with Gasteiger partial charge in [0.25, 0.3) is 0 Å². The molecule has 0 N–H and O–H groups in total. The summed E-state index contributed by atoms with van der Waals surface area (Å²) >= 11 is 6.19. The summed E-state index contributed by atoms with van der Waals surface area (Å²) < 4.78 is 24.3. The molecule has 134 valence electrons. The van der Waals surface area contributed by atoms with Crippen molar-refractivity contribution < 1.29 is 13.5 Å². The monoisotopic (exact) mass is 380 g/mol. The van der Waals surface area contributed by atoms with E-state index >= 15 is 0 Å². The Morgan fingerprint density at radius 3 is 2.52 bits per heavy atom. The van der Waals surface area contributed by atoms with Crippen molar-refractivity contribution in [2.75, 3.05) is 0 Å². The van der Waals surface area contributed by atoms with E-state index in [1.54, 1.807) is 48.5 Å². The molecule has 5 heteroatoms. The summed E-state index contributed by atoms with van der Waals surface area (Å²) in [6.07, 6.45) is 1.41. The number of ether oxygens (including phenoxy) is 1. The van der Waals surface area contributed by atoms with Gasteiger partial charge in [0.2, 0.25) is 5.43 Å². The van der Waals surface area contributed by atoms with Gasteiger partial charge in [-0.25, -0.2) is 4.39 Å². The first-order valence-corrected chi connectivity index (χ1v) is 8.67. The van der Waals surface area contributed by atoms with Crippen molar-refractivity contribution in [1.82, 2.24) is 0 Å². The molecule has 0 saturated heterocycles. The van der Waals surface area contributed by atoms with Crippen molar-refractivity contribution >= 4 is 22.6 Å². The summed E-state index contributed by atoms with van der Waals surface area (Å²) in [7, 11) is 0. The van der Waals surface area contributed by atoms with Gasteiger partial charge in [0.15, 0.2) is 0 Å². The van der Waals surface area contributed by atoms with E-state index in [0.29, 0.717) is 32.9 Å². The lowest BCUT2D eigenvalue weighted by molar-refractivity contribution is 0.306. The van der Waals surface area contributed by atoms with Gasteiger partial charge in [0.1, 0.15) is 30.0 Å². The van der Waals surface area contributed by atoms with Crippen LogP contribution >= 0.6 is 11.6 Å². The van der Waals surface area contributed by atoms with E-state index in [2.05, 4.69) is 0 Å². The average molecular weight is 381 g/mol. The fourth-order valence-corrected chi connectivity index (χ4v) is 3.05. The largest absolute Gasteiger partial charge is 0.489 e. The van der Waals surface area contributed by atoms with Crippen molar-refractivity contribution in [2.45, 2.75) is 6.61 Å². The number of halogens is 2. The van der Waals surface area contributed by atoms with Gasteiger partial charge in [-0.2, -0.15) is 0 Å². The molecule has 0 amide bonds. The third-order valence-electron chi connectivity index (χ3n) is 4.23. The third-order valence-corrected chi connectivity index (χ3v) is 4.56. The van der Waals surface area contributed by atoms with E-state index in [4.69, 9.17) is 20.8 Å². The molecular formula is C22H14ClFO3. The van der Waals surface area contributed by atoms with Crippen LogP contribution < -0.4 is 10.2 Å². The highest BCUT2D eigenvalue weighted by Gasteiger charge is 2.12. The van der Waals surface area contributed by atoms with Crippen LogP contribution in [-0.2, 0) is 6.61 Å². The molecule has 0 fully saturated rings. The smallest absolute Gasteiger partial charge is 0.200 e. The lowest BCUT2D eigenvalue weighted by atomic mass is 10.1. The highest BCUT2D eigenvalue weighted by atomic mass is 35.5. The summed E-state index contributed by atoms with van der Waals surface area (Å²) in [6, 6.07) is 18.3. The minimum absolute atomic E-state index is 0.158. The molecule has 4 rings (SSSR count). The van der Waals surface area contributed by atoms with Gasteiger partial charge in [-0.1, -0.05) is 41.9 Å². The van der Waals surface area contributed by atoms with Gasteiger partial charge in [0.05, 0.1) is 10.9 Å². The molecule has 4 aromatic rings. The second-order valence-electron chi connectivity index (χ2n) is 6.03. The zero-order valence-corrected chi connectivity index (χ0v) is 14.9. The molecular weight excluding hydrogens is 367 g/mol. The quantitative estimate of drug-likeness (QED) is 0.447. The minimum Gasteiger partial charge on any atom is -0.489 e. The van der Waals surface area contributed by atoms with E-state index in [1.165, 1.54) is 18.4 Å². The summed E-state index contributed by atoms with van der Waals surface area (Å²) in [5.41, 5.74) is 2.15. The Morgan fingerprint density at radius 2 is 1.74 bits per heavy atom. The van der Waals surface area contributed by atoms with E-state index in [-0.39, 0.29) is 17.9 Å². The van der Waals surface area contributed by atoms with Crippen LogP contribution in [0.25, 0.3) is 22.1 Å². The van der Waals surface area contributed by atoms with Crippen LogP contribution in [0, 0.1) is 5.82 Å². The average Bonchev–Trinajstić information content (AvgIpc) is 2.69. The lowest BCUT2D eigenvalue weighted by Crippen LogP contribution is -2.05. The first-order valence-electron chi connectivity index (χ1n) is 8.29. The molecule has 27 heavy (non-hydrogen) atoms. The first-order chi connectivity index (χ1) is 13.1. The molecule has 0 atom stereocenters. The molecule has 3 nitrogen and oxygen atoms in total. The lowest BCUT2D eigenvalue weighted by Gasteiger charge is -2.08. The second kappa shape index (κ2) is 7.25. The van der Waals surface area contributed by atoms with Crippen LogP contribution in [0.3, 0.4) is 0 Å². The van der Waals surface area contributed by atoms with Gasteiger partial charge in [0, 0.05) is 16.7 Å². The number of hydrogen-bond acceptors (Lipinski definition) is 3. The molecule has 0 aliphatic rings. The molecule has 0 aliphatic heterocycles. The number of rotatable bonds is 4. The number of fused-ring (bicyclic) bond motifs is 1. The Morgan fingerprint density at radius 1 is 0.963 bits per heavy atom. The molecule has 1 aromatic heterocycles. The van der Waals surface area contributed by atoms with E-state index in [1.807, 2.05) is 6.07 Å². The third kappa shape index (κ3) is 3.57. The van der Waals surface area contributed by atoms with Gasteiger partial charge < -0.3 is 9.15 Å². The minimum atomic E-state index is -0.291. The van der Waals surface area contributed by atoms with Crippen molar-refractivity contribution in [2.24, 2.45) is 0 Å². The molecule has 0 aliphatic carbocycles. The van der Waals surface area contributed by atoms with Crippen LogP contribution in [0.15, 0.2) is 82.2 Å². The zero-order chi connectivity index (χ0) is 18.8. The van der Waals surface area contributed by atoms with Crippen molar-refractivity contribution in [3.05, 3.63) is 99.6 Å². The Hall–Kier alpha value is -3.11. The van der Waals surface area contributed by atoms with Crippen LogP contribution in [0.5, 0.6) is 5.75 Å². The maximum absolute atomic E-state index is 13.0. The number of hydrogen-bond donors (Lipinski definition) is 0. The summed E-state index contributed by atoms with van der Waals surface area (Å²) in [6.45, 7) is 0.285. The van der Waals surface area contributed by atoms with Gasteiger partial charge in [-0.15, -0.1) is 0 Å². The Labute approximate surface area is 159 Å². The van der Waals surface area contributed by atoms with Gasteiger partial charge >= 0.3 is 0 Å². The van der Waals surface area contributed by atoms with Crippen LogP contribution in [0.1, 0.15) is 5.56 Å². The van der Waals surface area contributed by atoms with Crippen LogP contribution in [-0.4, -0.2) is 0 Å². The maximum atomic E-state index is 13.0. The topological polar surface area (TPSA) is 39.4 Å². The zero-order valence-electron chi connectivity index (χ0n) is 14.1. The van der Waals surface area contributed by atoms with E-state index < -0.39 is 0 Å². The summed E-state index contributed by atoms with van der Waals surface area (Å²) in [5, 5.41) is 0.935. The predicted molar refractivity (Wildman–Crippen MR) is 104 cm³/mol. The number of benzene rings is 3. The highest BCUT2D eigenvalue weighted by molar-refractivity contribution is 6.33. The molecule has 3 aromatic carbocycles. The first kappa shape index (κ1) is 17.3. The van der Waals surface area contributed by atoms with Crippen LogP contribution in [0.2, 0.25) is 5.02 Å².